The minimum atomic E-state index is -1.01. The monoisotopic (exact) mass is 433 g/mol. The molecule has 0 saturated heterocycles. The minimum Gasteiger partial charge on any atom is -0.307 e. The van der Waals surface area contributed by atoms with Gasteiger partial charge in [-0.25, -0.2) is 9.99 Å². The summed E-state index contributed by atoms with van der Waals surface area (Å²) in [6, 6.07) is 17.4. The van der Waals surface area contributed by atoms with E-state index >= 15 is 0 Å². The van der Waals surface area contributed by atoms with Crippen molar-refractivity contribution in [3.05, 3.63) is 71.1 Å². The van der Waals surface area contributed by atoms with Gasteiger partial charge in [0.25, 0.3) is 5.91 Å². The number of amidine groups is 1. The fourth-order valence-corrected chi connectivity index (χ4v) is 4.34. The van der Waals surface area contributed by atoms with Crippen molar-refractivity contribution in [2.45, 2.75) is 19.9 Å². The molecule has 1 aliphatic rings. The molecule has 2 N–H and O–H groups in total. The Balaban J connectivity index is 1.83. The average molecular weight is 433 g/mol. The van der Waals surface area contributed by atoms with Gasteiger partial charge >= 0.3 is 0 Å². The number of rotatable bonds is 4. The quantitative estimate of drug-likeness (QED) is 0.660. The van der Waals surface area contributed by atoms with Gasteiger partial charge in [-0.1, -0.05) is 72.0 Å². The second kappa shape index (κ2) is 8.49. The van der Waals surface area contributed by atoms with Gasteiger partial charge in [0.05, 0.1) is 10.6 Å². The summed E-state index contributed by atoms with van der Waals surface area (Å²) in [6.07, 6.45) is 0. The largest absolute Gasteiger partial charge is 0.307 e. The van der Waals surface area contributed by atoms with Gasteiger partial charge in [-0.05, 0) is 0 Å². The van der Waals surface area contributed by atoms with Crippen molar-refractivity contribution in [1.29, 1.82) is 0 Å². The predicted octanol–water partition coefficient (Wildman–Crippen LogP) is 3.15. The molecular weight excluding hydrogens is 414 g/mol. The number of carbonyl (C=O) groups is 3. The zero-order valence-corrected chi connectivity index (χ0v) is 17.6. The first-order valence-corrected chi connectivity index (χ1v) is 10.3. The van der Waals surface area contributed by atoms with Crippen LogP contribution in [0.1, 0.15) is 30.3 Å². The molecule has 0 aliphatic carbocycles. The number of amides is 3. The van der Waals surface area contributed by atoms with Crippen LogP contribution in [0, 0.1) is 0 Å². The molecule has 0 spiro atoms. The highest BCUT2D eigenvalue weighted by molar-refractivity contribution is 7.16. The Hall–Kier alpha value is -3.85. The molecule has 4 rings (SSSR count). The third kappa shape index (κ3) is 4.22. The summed E-state index contributed by atoms with van der Waals surface area (Å²) < 4.78 is 0. The van der Waals surface area contributed by atoms with E-state index in [1.54, 1.807) is 12.1 Å². The van der Waals surface area contributed by atoms with E-state index < -0.39 is 11.9 Å². The van der Waals surface area contributed by atoms with Gasteiger partial charge in [0, 0.05) is 25.0 Å². The number of benzene rings is 2. The molecule has 9 heteroatoms. The number of hydrogen-bond donors (Lipinski definition) is 2. The van der Waals surface area contributed by atoms with E-state index in [1.165, 1.54) is 18.9 Å². The molecule has 31 heavy (non-hydrogen) atoms. The predicted molar refractivity (Wildman–Crippen MR) is 118 cm³/mol. The molecule has 1 aliphatic heterocycles. The molecule has 2 heterocycles. The summed E-state index contributed by atoms with van der Waals surface area (Å²) in [6.45, 7) is 2.74. The van der Waals surface area contributed by atoms with Gasteiger partial charge in [-0.15, -0.1) is 0 Å². The van der Waals surface area contributed by atoms with E-state index in [2.05, 4.69) is 20.7 Å². The molecule has 1 aromatic heterocycles. The van der Waals surface area contributed by atoms with Crippen LogP contribution in [0.4, 0.5) is 5.13 Å². The van der Waals surface area contributed by atoms with E-state index in [-0.39, 0.29) is 11.8 Å². The lowest BCUT2D eigenvalue weighted by Gasteiger charge is -2.30. The maximum atomic E-state index is 13.2. The summed E-state index contributed by atoms with van der Waals surface area (Å²) >= 11 is 1.14. The smallest absolute Gasteiger partial charge is 0.256 e. The zero-order valence-electron chi connectivity index (χ0n) is 16.8. The van der Waals surface area contributed by atoms with Crippen molar-refractivity contribution in [3.8, 4) is 11.3 Å². The van der Waals surface area contributed by atoms with E-state index in [4.69, 9.17) is 0 Å². The second-order valence-corrected chi connectivity index (χ2v) is 7.88. The number of hydrogen-bond acceptors (Lipinski definition) is 6. The first kappa shape index (κ1) is 20.4. The maximum Gasteiger partial charge on any atom is 0.256 e. The first-order chi connectivity index (χ1) is 14.9. The third-order valence-corrected chi connectivity index (χ3v) is 5.57. The number of nitrogens with one attached hydrogen (secondary N) is 2. The van der Waals surface area contributed by atoms with Crippen LogP contribution >= 0.6 is 11.3 Å². The molecule has 1 atom stereocenters. The van der Waals surface area contributed by atoms with Gasteiger partial charge in [-0.3, -0.25) is 14.4 Å². The van der Waals surface area contributed by atoms with Gasteiger partial charge in [0.2, 0.25) is 11.8 Å². The fraction of sp³-hybridized carbons (Fsp3) is 0.136. The van der Waals surface area contributed by atoms with Gasteiger partial charge in [0.15, 0.2) is 17.0 Å². The van der Waals surface area contributed by atoms with E-state index in [0.717, 1.165) is 16.9 Å². The SMILES string of the molecule is CC(=O)Nc1nc(-c2ccccc2)c(C2C(=O)NC(c3ccccc3)=NN2C(C)=O)s1. The van der Waals surface area contributed by atoms with Crippen LogP contribution in [0.2, 0.25) is 0 Å². The Kier molecular flexibility index (Phi) is 5.59. The zero-order chi connectivity index (χ0) is 22.0. The Labute approximate surface area is 182 Å². The van der Waals surface area contributed by atoms with Gasteiger partial charge < -0.3 is 10.6 Å². The summed E-state index contributed by atoms with van der Waals surface area (Å²) in [5, 5.41) is 11.4. The number of hydrazone groups is 1. The lowest BCUT2D eigenvalue weighted by molar-refractivity contribution is -0.139. The molecule has 1 unspecified atom stereocenters. The fourth-order valence-electron chi connectivity index (χ4n) is 3.22. The lowest BCUT2D eigenvalue weighted by atomic mass is 10.1. The Morgan fingerprint density at radius 1 is 1.00 bits per heavy atom. The number of thiazole rings is 1. The van der Waals surface area contributed by atoms with Crippen molar-refractivity contribution >= 4 is 40.0 Å². The van der Waals surface area contributed by atoms with Crippen LogP contribution in [-0.2, 0) is 14.4 Å². The van der Waals surface area contributed by atoms with Crippen LogP contribution < -0.4 is 10.6 Å². The first-order valence-electron chi connectivity index (χ1n) is 9.52. The molecule has 2 aromatic carbocycles. The standard InChI is InChI=1S/C22H19N5O3S/c1-13(28)23-22-24-17(15-9-5-3-6-10-15)19(31-22)18-21(30)25-20(26-27(18)14(2)29)16-11-7-4-8-12-16/h3-12,18H,1-2H3,(H,23,24,28)(H,25,26,30). The van der Waals surface area contributed by atoms with Crippen molar-refractivity contribution in [3.63, 3.8) is 0 Å². The summed E-state index contributed by atoms with van der Waals surface area (Å²) in [4.78, 5) is 42.3. The topological polar surface area (TPSA) is 104 Å². The molecule has 0 fully saturated rings. The summed E-state index contributed by atoms with van der Waals surface area (Å²) in [7, 11) is 0. The maximum absolute atomic E-state index is 13.2. The van der Waals surface area contributed by atoms with Gasteiger partial charge in [0.1, 0.15) is 0 Å². The molecule has 0 bridgehead atoms. The van der Waals surface area contributed by atoms with Crippen LogP contribution in [0.15, 0.2) is 65.8 Å². The normalized spacial score (nSPS) is 15.8. The number of carbonyl (C=O) groups excluding carboxylic acids is 3. The molecule has 0 radical (unpaired) electrons. The Bertz CT molecular complexity index is 1170. The van der Waals surface area contributed by atoms with Crippen molar-refractivity contribution in [2.75, 3.05) is 5.32 Å². The van der Waals surface area contributed by atoms with E-state index in [0.29, 0.717) is 27.1 Å². The second-order valence-electron chi connectivity index (χ2n) is 6.85. The molecule has 156 valence electrons. The third-order valence-electron chi connectivity index (χ3n) is 4.54. The van der Waals surface area contributed by atoms with Crippen LogP contribution in [0.5, 0.6) is 0 Å². The van der Waals surface area contributed by atoms with Crippen LogP contribution in [0.25, 0.3) is 11.3 Å². The van der Waals surface area contributed by atoms with Gasteiger partial charge in [-0.2, -0.15) is 5.10 Å². The van der Waals surface area contributed by atoms with Crippen LogP contribution in [0.3, 0.4) is 0 Å². The highest BCUT2D eigenvalue weighted by atomic mass is 32.1. The highest BCUT2D eigenvalue weighted by Gasteiger charge is 2.38. The Morgan fingerprint density at radius 3 is 2.19 bits per heavy atom. The highest BCUT2D eigenvalue weighted by Crippen LogP contribution is 2.39. The van der Waals surface area contributed by atoms with Crippen molar-refractivity contribution in [2.24, 2.45) is 5.10 Å². The average Bonchev–Trinajstić information content (AvgIpc) is 3.16. The summed E-state index contributed by atoms with van der Waals surface area (Å²) in [5.74, 6) is -0.772. The molecule has 3 amide bonds. The molecule has 8 nitrogen and oxygen atoms in total. The summed E-state index contributed by atoms with van der Waals surface area (Å²) in [5.41, 5.74) is 1.96. The lowest BCUT2D eigenvalue weighted by Crippen LogP contribution is -2.48. The molecular formula is C22H19N5O3S. The molecule has 3 aromatic rings. The number of aromatic nitrogens is 1. The van der Waals surface area contributed by atoms with Crippen molar-refractivity contribution in [1.82, 2.24) is 15.3 Å². The molecule has 0 saturated carbocycles. The van der Waals surface area contributed by atoms with Crippen molar-refractivity contribution < 1.29 is 14.4 Å². The van der Waals surface area contributed by atoms with E-state index in [1.807, 2.05) is 48.5 Å². The minimum absolute atomic E-state index is 0.277. The van der Waals surface area contributed by atoms with E-state index in [9.17, 15) is 14.4 Å². The van der Waals surface area contributed by atoms with Crippen LogP contribution in [-0.4, -0.2) is 33.6 Å². The Morgan fingerprint density at radius 2 is 1.61 bits per heavy atom. The number of anilines is 1. The number of nitrogens with zero attached hydrogens (tertiary/aromatic N) is 3.